The van der Waals surface area contributed by atoms with Crippen LogP contribution in [0.2, 0.25) is 0 Å². The van der Waals surface area contributed by atoms with Crippen LogP contribution in [0.4, 0.5) is 10.1 Å². The summed E-state index contributed by atoms with van der Waals surface area (Å²) < 4.78 is 41.7. The standard InChI is InChI=1S/C12H13FIN3O3S/c13-9-2-3-12(11(14)6-9)16-21(19,20)10-7-15-17(8-10)4-1-5-18/h2-3,6-8,16,18H,1,4-5H2. The summed E-state index contributed by atoms with van der Waals surface area (Å²) in [5.74, 6) is -0.431. The average molecular weight is 425 g/mol. The molecule has 0 fully saturated rings. The molecule has 1 aromatic carbocycles. The van der Waals surface area contributed by atoms with Crippen LogP contribution in [0.1, 0.15) is 6.42 Å². The SMILES string of the molecule is O=S(=O)(Nc1ccc(F)cc1I)c1cnn(CCCO)c1. The second-order valence-electron chi connectivity index (χ2n) is 4.25. The van der Waals surface area contributed by atoms with E-state index in [0.717, 1.165) is 0 Å². The molecule has 0 radical (unpaired) electrons. The van der Waals surface area contributed by atoms with Gasteiger partial charge in [-0.3, -0.25) is 9.40 Å². The number of nitrogens with zero attached hydrogens (tertiary/aromatic N) is 2. The number of aliphatic hydroxyl groups excluding tert-OH is 1. The Labute approximate surface area is 135 Å². The van der Waals surface area contributed by atoms with Crippen molar-refractivity contribution < 1.29 is 17.9 Å². The molecule has 9 heteroatoms. The smallest absolute Gasteiger partial charge is 0.265 e. The first-order chi connectivity index (χ1) is 9.92. The molecule has 2 N–H and O–H groups in total. The van der Waals surface area contributed by atoms with Crippen LogP contribution in [0.3, 0.4) is 0 Å². The van der Waals surface area contributed by atoms with Crippen molar-refractivity contribution in [3.8, 4) is 0 Å². The maximum Gasteiger partial charge on any atom is 0.265 e. The van der Waals surface area contributed by atoms with Gasteiger partial charge in [0, 0.05) is 22.9 Å². The minimum atomic E-state index is -3.78. The topological polar surface area (TPSA) is 84.2 Å². The number of nitrogens with one attached hydrogen (secondary N) is 1. The molecule has 114 valence electrons. The molecule has 0 bridgehead atoms. The molecule has 2 rings (SSSR count). The highest BCUT2D eigenvalue weighted by Crippen LogP contribution is 2.22. The first-order valence-electron chi connectivity index (χ1n) is 6.03. The van der Waals surface area contributed by atoms with Crippen molar-refractivity contribution >= 4 is 38.3 Å². The Morgan fingerprint density at radius 3 is 2.86 bits per heavy atom. The Hall–Kier alpha value is -1.20. The molecule has 0 spiro atoms. The molecule has 0 aliphatic heterocycles. The number of halogens is 2. The molecular weight excluding hydrogens is 412 g/mol. The lowest BCUT2D eigenvalue weighted by atomic mass is 10.3. The number of aromatic nitrogens is 2. The molecule has 2 aromatic rings. The summed E-state index contributed by atoms with van der Waals surface area (Å²) in [5, 5.41) is 12.7. The lowest BCUT2D eigenvalue weighted by Crippen LogP contribution is -2.13. The molecule has 1 heterocycles. The van der Waals surface area contributed by atoms with Crippen molar-refractivity contribution in [3.63, 3.8) is 0 Å². The van der Waals surface area contributed by atoms with E-state index in [2.05, 4.69) is 9.82 Å². The molecule has 1 aromatic heterocycles. The first-order valence-corrected chi connectivity index (χ1v) is 8.60. The quantitative estimate of drug-likeness (QED) is 0.692. The van der Waals surface area contributed by atoms with Crippen molar-refractivity contribution in [2.24, 2.45) is 0 Å². The Balaban J connectivity index is 2.19. The van der Waals surface area contributed by atoms with Crippen LogP contribution in [-0.4, -0.2) is 29.9 Å². The number of benzene rings is 1. The van der Waals surface area contributed by atoms with Gasteiger partial charge in [-0.1, -0.05) is 0 Å². The molecule has 0 saturated carbocycles. The summed E-state index contributed by atoms with van der Waals surface area (Å²) in [5.41, 5.74) is 0.306. The molecule has 21 heavy (non-hydrogen) atoms. The number of hydrogen-bond acceptors (Lipinski definition) is 4. The number of anilines is 1. The highest BCUT2D eigenvalue weighted by Gasteiger charge is 2.18. The van der Waals surface area contributed by atoms with Gasteiger partial charge in [-0.25, -0.2) is 12.8 Å². The Bertz CT molecular complexity index is 733. The molecular formula is C12H13FIN3O3S. The van der Waals surface area contributed by atoms with Crippen LogP contribution in [0, 0.1) is 9.39 Å². The van der Waals surface area contributed by atoms with E-state index in [-0.39, 0.29) is 11.5 Å². The van der Waals surface area contributed by atoms with Crippen molar-refractivity contribution in [1.82, 2.24) is 9.78 Å². The third kappa shape index (κ3) is 4.14. The maximum absolute atomic E-state index is 13.0. The molecule has 0 amide bonds. The third-order valence-corrected chi connectivity index (χ3v) is 4.85. The van der Waals surface area contributed by atoms with Gasteiger partial charge in [0.15, 0.2) is 0 Å². The minimum Gasteiger partial charge on any atom is -0.396 e. The van der Waals surface area contributed by atoms with Crippen molar-refractivity contribution in [2.75, 3.05) is 11.3 Å². The van der Waals surface area contributed by atoms with Gasteiger partial charge in [-0.15, -0.1) is 0 Å². The third-order valence-electron chi connectivity index (χ3n) is 2.64. The fourth-order valence-corrected chi connectivity index (χ4v) is 3.44. The van der Waals surface area contributed by atoms with E-state index in [9.17, 15) is 12.8 Å². The van der Waals surface area contributed by atoms with Gasteiger partial charge in [-0.2, -0.15) is 5.10 Å². The average Bonchev–Trinajstić information content (AvgIpc) is 2.89. The van der Waals surface area contributed by atoms with Crippen LogP contribution in [-0.2, 0) is 16.6 Å². The van der Waals surface area contributed by atoms with Gasteiger partial charge < -0.3 is 5.11 Å². The number of aryl methyl sites for hydroxylation is 1. The monoisotopic (exact) mass is 425 g/mol. The van der Waals surface area contributed by atoms with E-state index in [1.807, 2.05) is 22.6 Å². The second-order valence-corrected chi connectivity index (χ2v) is 7.09. The number of rotatable bonds is 6. The summed E-state index contributed by atoms with van der Waals surface area (Å²) in [6.45, 7) is 0.439. The number of sulfonamides is 1. The van der Waals surface area contributed by atoms with E-state index in [1.54, 1.807) is 0 Å². The maximum atomic E-state index is 13.0. The van der Waals surface area contributed by atoms with Gasteiger partial charge in [0.05, 0.1) is 11.9 Å². The predicted molar refractivity (Wildman–Crippen MR) is 83.9 cm³/mol. The summed E-state index contributed by atoms with van der Waals surface area (Å²) in [7, 11) is -3.78. The summed E-state index contributed by atoms with van der Waals surface area (Å²) in [6.07, 6.45) is 3.11. The second kappa shape index (κ2) is 6.71. The largest absolute Gasteiger partial charge is 0.396 e. The number of aliphatic hydroxyl groups is 1. The van der Waals surface area contributed by atoms with Crippen LogP contribution < -0.4 is 4.72 Å². The first kappa shape index (κ1) is 16.2. The normalized spacial score (nSPS) is 11.6. The van der Waals surface area contributed by atoms with Gasteiger partial charge in [0.25, 0.3) is 10.0 Å². The highest BCUT2D eigenvalue weighted by molar-refractivity contribution is 14.1. The van der Waals surface area contributed by atoms with Crippen LogP contribution >= 0.6 is 22.6 Å². The molecule has 6 nitrogen and oxygen atoms in total. The van der Waals surface area contributed by atoms with E-state index >= 15 is 0 Å². The molecule has 0 aliphatic carbocycles. The summed E-state index contributed by atoms with van der Waals surface area (Å²) in [4.78, 5) is 0.0144. The molecule has 0 unspecified atom stereocenters. The lowest BCUT2D eigenvalue weighted by Gasteiger charge is -2.08. The van der Waals surface area contributed by atoms with E-state index in [4.69, 9.17) is 5.11 Å². The zero-order valence-corrected chi connectivity index (χ0v) is 13.8. The predicted octanol–water partition coefficient (Wildman–Crippen LogP) is 1.81. The van der Waals surface area contributed by atoms with E-state index in [1.165, 1.54) is 35.3 Å². The molecule has 0 aliphatic rings. The van der Waals surface area contributed by atoms with E-state index < -0.39 is 15.8 Å². The van der Waals surface area contributed by atoms with Crippen LogP contribution in [0.25, 0.3) is 0 Å². The van der Waals surface area contributed by atoms with Gasteiger partial charge >= 0.3 is 0 Å². The lowest BCUT2D eigenvalue weighted by molar-refractivity contribution is 0.277. The summed E-state index contributed by atoms with van der Waals surface area (Å²) in [6, 6.07) is 3.79. The van der Waals surface area contributed by atoms with E-state index in [0.29, 0.717) is 22.2 Å². The Kier molecular flexibility index (Phi) is 5.17. The van der Waals surface area contributed by atoms with Crippen molar-refractivity contribution in [3.05, 3.63) is 40.0 Å². The minimum absolute atomic E-state index is 0.00790. The fourth-order valence-electron chi connectivity index (χ4n) is 1.61. The molecule has 0 atom stereocenters. The van der Waals surface area contributed by atoms with Crippen LogP contribution in [0.15, 0.2) is 35.5 Å². The van der Waals surface area contributed by atoms with Gasteiger partial charge in [0.2, 0.25) is 0 Å². The van der Waals surface area contributed by atoms with Gasteiger partial charge in [0.1, 0.15) is 10.7 Å². The van der Waals surface area contributed by atoms with Crippen LogP contribution in [0.5, 0.6) is 0 Å². The van der Waals surface area contributed by atoms with Gasteiger partial charge in [-0.05, 0) is 47.2 Å². The Morgan fingerprint density at radius 1 is 1.43 bits per heavy atom. The van der Waals surface area contributed by atoms with Crippen molar-refractivity contribution in [2.45, 2.75) is 17.9 Å². The zero-order chi connectivity index (χ0) is 15.5. The Morgan fingerprint density at radius 2 is 2.19 bits per heavy atom. The number of hydrogen-bond donors (Lipinski definition) is 2. The van der Waals surface area contributed by atoms with Crippen molar-refractivity contribution in [1.29, 1.82) is 0 Å². The molecule has 0 saturated heterocycles. The summed E-state index contributed by atoms with van der Waals surface area (Å²) >= 11 is 1.85. The zero-order valence-electron chi connectivity index (χ0n) is 10.8. The highest BCUT2D eigenvalue weighted by atomic mass is 127. The fraction of sp³-hybridized carbons (Fsp3) is 0.250.